The quantitative estimate of drug-likeness (QED) is 0.750. The van der Waals surface area contributed by atoms with Crippen LogP contribution in [0.4, 0.5) is 0 Å². The fraction of sp³-hybridized carbons (Fsp3) is 0.929. The second-order valence-electron chi connectivity index (χ2n) is 6.07. The lowest BCUT2D eigenvalue weighted by atomic mass is 9.75. The van der Waals surface area contributed by atoms with Gasteiger partial charge < -0.3 is 10.2 Å². The monoisotopic (exact) mass is 236 g/mol. The molecule has 3 atom stereocenters. The number of carbonyl (C=O) groups excluding carboxylic acids is 1. The second kappa shape index (κ2) is 4.97. The molecule has 0 spiro atoms. The molecule has 0 aromatic rings. The first-order chi connectivity index (χ1) is 8.34. The molecular weight excluding hydrogens is 212 g/mol. The Bertz CT molecular complexity index is 286. The number of piperidine rings is 1. The van der Waals surface area contributed by atoms with Crippen LogP contribution in [0.2, 0.25) is 0 Å². The van der Waals surface area contributed by atoms with E-state index in [4.69, 9.17) is 0 Å². The van der Waals surface area contributed by atoms with Crippen molar-refractivity contribution < 1.29 is 4.79 Å². The number of fused-ring (bicyclic) bond motifs is 1. The van der Waals surface area contributed by atoms with Crippen molar-refractivity contribution in [2.75, 3.05) is 26.2 Å². The van der Waals surface area contributed by atoms with Crippen molar-refractivity contribution in [1.82, 2.24) is 10.2 Å². The highest BCUT2D eigenvalue weighted by Crippen LogP contribution is 2.36. The van der Waals surface area contributed by atoms with Crippen LogP contribution in [0.25, 0.3) is 0 Å². The first kappa shape index (κ1) is 11.5. The van der Waals surface area contributed by atoms with Gasteiger partial charge in [0.05, 0.1) is 5.92 Å². The van der Waals surface area contributed by atoms with E-state index < -0.39 is 0 Å². The lowest BCUT2D eigenvalue weighted by Crippen LogP contribution is -2.47. The van der Waals surface area contributed by atoms with Gasteiger partial charge in [-0.15, -0.1) is 0 Å². The molecule has 1 saturated carbocycles. The Labute approximate surface area is 104 Å². The average Bonchev–Trinajstić information content (AvgIpc) is 2.91. The van der Waals surface area contributed by atoms with E-state index in [1.807, 2.05) is 0 Å². The van der Waals surface area contributed by atoms with Crippen LogP contribution in [-0.4, -0.2) is 37.0 Å². The molecule has 2 aliphatic heterocycles. The second-order valence-corrected chi connectivity index (χ2v) is 6.07. The first-order valence-electron chi connectivity index (χ1n) is 7.34. The molecule has 3 fully saturated rings. The van der Waals surface area contributed by atoms with E-state index in [0.717, 1.165) is 44.4 Å². The smallest absolute Gasteiger partial charge is 0.227 e. The Morgan fingerprint density at radius 1 is 1.06 bits per heavy atom. The molecule has 1 aliphatic carbocycles. The van der Waals surface area contributed by atoms with Crippen molar-refractivity contribution in [3.8, 4) is 0 Å². The minimum Gasteiger partial charge on any atom is -0.342 e. The molecular formula is C14H24N2O. The molecule has 3 rings (SSSR count). The lowest BCUT2D eigenvalue weighted by molar-refractivity contribution is -0.138. The van der Waals surface area contributed by atoms with Gasteiger partial charge in [0.15, 0.2) is 0 Å². The molecule has 3 nitrogen and oxygen atoms in total. The maximum absolute atomic E-state index is 12.4. The number of nitrogens with one attached hydrogen (secondary N) is 1. The minimum absolute atomic E-state index is 0.273. The van der Waals surface area contributed by atoms with Gasteiger partial charge in [0, 0.05) is 19.6 Å². The van der Waals surface area contributed by atoms with Gasteiger partial charge >= 0.3 is 0 Å². The first-order valence-corrected chi connectivity index (χ1v) is 7.34. The van der Waals surface area contributed by atoms with Gasteiger partial charge in [-0.3, -0.25) is 4.79 Å². The van der Waals surface area contributed by atoms with Crippen molar-refractivity contribution in [2.24, 2.45) is 17.8 Å². The third-order valence-corrected chi connectivity index (χ3v) is 5.01. The highest BCUT2D eigenvalue weighted by molar-refractivity contribution is 5.79. The molecule has 2 saturated heterocycles. The van der Waals surface area contributed by atoms with Crippen LogP contribution < -0.4 is 5.32 Å². The molecule has 3 heteroatoms. The van der Waals surface area contributed by atoms with E-state index in [2.05, 4.69) is 10.2 Å². The van der Waals surface area contributed by atoms with Crippen LogP contribution in [-0.2, 0) is 4.79 Å². The SMILES string of the molecule is O=C(C1CCNC1)N1CCC2CCCCC2C1. The molecule has 3 unspecified atom stereocenters. The number of carbonyl (C=O) groups is 1. The molecule has 1 N–H and O–H groups in total. The summed E-state index contributed by atoms with van der Waals surface area (Å²) in [5.74, 6) is 2.44. The van der Waals surface area contributed by atoms with Crippen LogP contribution >= 0.6 is 0 Å². The fourth-order valence-corrected chi connectivity index (χ4v) is 3.92. The summed E-state index contributed by atoms with van der Waals surface area (Å²) in [6.07, 6.45) is 7.88. The Morgan fingerprint density at radius 3 is 2.65 bits per heavy atom. The van der Waals surface area contributed by atoms with Crippen LogP contribution in [0.5, 0.6) is 0 Å². The highest BCUT2D eigenvalue weighted by Gasteiger charge is 2.35. The molecule has 3 aliphatic rings. The van der Waals surface area contributed by atoms with Crippen LogP contribution in [0.1, 0.15) is 38.5 Å². The van der Waals surface area contributed by atoms with E-state index in [1.165, 1.54) is 32.1 Å². The third kappa shape index (κ3) is 2.35. The summed E-state index contributed by atoms with van der Waals surface area (Å²) in [4.78, 5) is 14.5. The van der Waals surface area contributed by atoms with Gasteiger partial charge in [0.2, 0.25) is 5.91 Å². The fourth-order valence-electron chi connectivity index (χ4n) is 3.92. The van der Waals surface area contributed by atoms with Crippen molar-refractivity contribution in [3.05, 3.63) is 0 Å². The van der Waals surface area contributed by atoms with E-state index in [0.29, 0.717) is 5.91 Å². The maximum Gasteiger partial charge on any atom is 0.227 e. The van der Waals surface area contributed by atoms with E-state index in [9.17, 15) is 4.79 Å². The van der Waals surface area contributed by atoms with Crippen molar-refractivity contribution in [1.29, 1.82) is 0 Å². The largest absolute Gasteiger partial charge is 0.342 e. The summed E-state index contributed by atoms with van der Waals surface area (Å²) in [7, 11) is 0. The molecule has 0 aromatic carbocycles. The molecule has 17 heavy (non-hydrogen) atoms. The van der Waals surface area contributed by atoms with Gasteiger partial charge in [-0.1, -0.05) is 19.3 Å². The predicted octanol–water partition coefficient (Wildman–Crippen LogP) is 1.63. The standard InChI is InChI=1S/C14H24N2O/c17-14(12-5-7-15-9-12)16-8-6-11-3-1-2-4-13(11)10-16/h11-13,15H,1-10H2. The summed E-state index contributed by atoms with van der Waals surface area (Å²) >= 11 is 0. The van der Waals surface area contributed by atoms with Crippen molar-refractivity contribution >= 4 is 5.91 Å². The number of hydrogen-bond donors (Lipinski definition) is 1. The number of rotatable bonds is 1. The van der Waals surface area contributed by atoms with Gasteiger partial charge in [0.25, 0.3) is 0 Å². The van der Waals surface area contributed by atoms with Crippen molar-refractivity contribution in [2.45, 2.75) is 38.5 Å². The van der Waals surface area contributed by atoms with E-state index in [-0.39, 0.29) is 5.92 Å². The molecule has 0 radical (unpaired) electrons. The zero-order chi connectivity index (χ0) is 11.7. The Kier molecular flexibility index (Phi) is 3.37. The van der Waals surface area contributed by atoms with Crippen LogP contribution in [0.3, 0.4) is 0 Å². The van der Waals surface area contributed by atoms with Crippen LogP contribution in [0, 0.1) is 17.8 Å². The van der Waals surface area contributed by atoms with Crippen LogP contribution in [0.15, 0.2) is 0 Å². The predicted molar refractivity (Wildman–Crippen MR) is 67.6 cm³/mol. The Hall–Kier alpha value is -0.570. The minimum atomic E-state index is 0.273. The third-order valence-electron chi connectivity index (χ3n) is 5.01. The molecule has 0 bridgehead atoms. The van der Waals surface area contributed by atoms with Crippen molar-refractivity contribution in [3.63, 3.8) is 0 Å². The summed E-state index contributed by atoms with van der Waals surface area (Å²) in [5, 5.41) is 3.30. The lowest BCUT2D eigenvalue weighted by Gasteiger charge is -2.42. The summed E-state index contributed by atoms with van der Waals surface area (Å²) < 4.78 is 0. The molecule has 0 aromatic heterocycles. The zero-order valence-corrected chi connectivity index (χ0v) is 10.7. The maximum atomic E-state index is 12.4. The topological polar surface area (TPSA) is 32.3 Å². The average molecular weight is 236 g/mol. The number of likely N-dealkylation sites (tertiary alicyclic amines) is 1. The van der Waals surface area contributed by atoms with Gasteiger partial charge in [-0.2, -0.15) is 0 Å². The summed E-state index contributed by atoms with van der Waals surface area (Å²) in [5.41, 5.74) is 0. The number of amides is 1. The Morgan fingerprint density at radius 2 is 1.88 bits per heavy atom. The highest BCUT2D eigenvalue weighted by atomic mass is 16.2. The Balaban J connectivity index is 1.59. The normalized spacial score (nSPS) is 37.9. The van der Waals surface area contributed by atoms with Gasteiger partial charge in [-0.25, -0.2) is 0 Å². The molecule has 2 heterocycles. The number of nitrogens with zero attached hydrogens (tertiary/aromatic N) is 1. The summed E-state index contributed by atoms with van der Waals surface area (Å²) in [6.45, 7) is 4.01. The number of hydrogen-bond acceptors (Lipinski definition) is 2. The van der Waals surface area contributed by atoms with Gasteiger partial charge in [0.1, 0.15) is 0 Å². The zero-order valence-electron chi connectivity index (χ0n) is 10.7. The van der Waals surface area contributed by atoms with Gasteiger partial charge in [-0.05, 0) is 37.6 Å². The molecule has 96 valence electrons. The van der Waals surface area contributed by atoms with E-state index >= 15 is 0 Å². The van der Waals surface area contributed by atoms with E-state index in [1.54, 1.807) is 0 Å². The molecule has 1 amide bonds. The summed E-state index contributed by atoms with van der Waals surface area (Å²) in [6, 6.07) is 0.